The summed E-state index contributed by atoms with van der Waals surface area (Å²) >= 11 is 0. The summed E-state index contributed by atoms with van der Waals surface area (Å²) in [5.41, 5.74) is 1.26. The fraction of sp³-hybridized carbons (Fsp3) is 0.350. The molecule has 0 bridgehead atoms. The van der Waals surface area contributed by atoms with Crippen molar-refractivity contribution in [2.75, 3.05) is 24.1 Å². The third kappa shape index (κ3) is 6.76. The van der Waals surface area contributed by atoms with Crippen LogP contribution in [0, 0.1) is 0 Å². The van der Waals surface area contributed by atoms with Crippen molar-refractivity contribution in [3.63, 3.8) is 0 Å². The number of sulfonamides is 2. The SMILES string of the molecule is CS(=O)(=O)Nc1ccccc1CNC(=O)c1ccc(S(=O)(=O)NCC2CCCO2)cc1. The summed E-state index contributed by atoms with van der Waals surface area (Å²) in [6.07, 6.45) is 2.68. The van der Waals surface area contributed by atoms with E-state index in [2.05, 4.69) is 14.8 Å². The normalized spacial score (nSPS) is 16.7. The van der Waals surface area contributed by atoms with Crippen molar-refractivity contribution in [1.29, 1.82) is 0 Å². The molecule has 9 nitrogen and oxygen atoms in total. The molecular weight excluding hydrogens is 442 g/mol. The van der Waals surface area contributed by atoms with Crippen LogP contribution in [-0.2, 0) is 31.3 Å². The van der Waals surface area contributed by atoms with Gasteiger partial charge in [0.05, 0.1) is 22.9 Å². The van der Waals surface area contributed by atoms with Crippen LogP contribution in [0.25, 0.3) is 0 Å². The molecule has 31 heavy (non-hydrogen) atoms. The van der Waals surface area contributed by atoms with Crippen molar-refractivity contribution in [3.05, 3.63) is 59.7 Å². The number of carbonyl (C=O) groups is 1. The Morgan fingerprint density at radius 1 is 1.06 bits per heavy atom. The Kier molecular flexibility index (Phi) is 7.31. The van der Waals surface area contributed by atoms with Gasteiger partial charge in [-0.15, -0.1) is 0 Å². The van der Waals surface area contributed by atoms with E-state index in [1.165, 1.54) is 24.3 Å². The van der Waals surface area contributed by atoms with Crippen molar-refractivity contribution in [1.82, 2.24) is 10.0 Å². The quantitative estimate of drug-likeness (QED) is 0.512. The molecule has 0 spiro atoms. The molecule has 3 N–H and O–H groups in total. The predicted molar refractivity (Wildman–Crippen MR) is 117 cm³/mol. The van der Waals surface area contributed by atoms with Gasteiger partial charge >= 0.3 is 0 Å². The second-order valence-corrected chi connectivity index (χ2v) is 10.7. The van der Waals surface area contributed by atoms with Gasteiger partial charge < -0.3 is 10.1 Å². The van der Waals surface area contributed by atoms with E-state index in [1.54, 1.807) is 24.3 Å². The summed E-state index contributed by atoms with van der Waals surface area (Å²) in [4.78, 5) is 12.5. The second kappa shape index (κ2) is 9.77. The summed E-state index contributed by atoms with van der Waals surface area (Å²) in [6, 6.07) is 12.3. The molecule has 1 heterocycles. The molecule has 1 aliphatic heterocycles. The van der Waals surface area contributed by atoms with Gasteiger partial charge in [-0.25, -0.2) is 21.6 Å². The van der Waals surface area contributed by atoms with Crippen LogP contribution in [0.4, 0.5) is 5.69 Å². The Morgan fingerprint density at radius 2 is 1.77 bits per heavy atom. The molecule has 168 valence electrons. The number of hydrogen-bond acceptors (Lipinski definition) is 6. The number of anilines is 1. The Hall–Kier alpha value is -2.47. The lowest BCUT2D eigenvalue weighted by Gasteiger charge is -2.12. The van der Waals surface area contributed by atoms with Crippen molar-refractivity contribution < 1.29 is 26.4 Å². The minimum Gasteiger partial charge on any atom is -0.377 e. The minimum absolute atomic E-state index is 0.0599. The molecule has 11 heteroatoms. The molecule has 1 saturated heterocycles. The molecule has 0 aromatic heterocycles. The summed E-state index contributed by atoms with van der Waals surface area (Å²) < 4.78 is 58.1. The number of ether oxygens (including phenoxy) is 1. The van der Waals surface area contributed by atoms with Crippen molar-refractivity contribution in [3.8, 4) is 0 Å². The van der Waals surface area contributed by atoms with Gasteiger partial charge in [-0.2, -0.15) is 0 Å². The number of benzene rings is 2. The molecule has 3 rings (SSSR count). The second-order valence-electron chi connectivity index (χ2n) is 7.23. The summed E-state index contributed by atoms with van der Waals surface area (Å²) in [5.74, 6) is -0.412. The van der Waals surface area contributed by atoms with Crippen LogP contribution in [0.5, 0.6) is 0 Å². The van der Waals surface area contributed by atoms with Crippen molar-refractivity contribution in [2.24, 2.45) is 0 Å². The standard InChI is InChI=1S/C20H25N3O6S2/c1-30(25,26)23-19-7-3-2-5-16(19)13-21-20(24)15-8-10-18(11-9-15)31(27,28)22-14-17-6-4-12-29-17/h2-3,5,7-11,17,22-23H,4,6,12-14H2,1H3,(H,21,24). The summed E-state index contributed by atoms with van der Waals surface area (Å²) in [7, 11) is -7.15. The highest BCUT2D eigenvalue weighted by molar-refractivity contribution is 7.92. The van der Waals surface area contributed by atoms with Crippen LogP contribution < -0.4 is 14.8 Å². The lowest BCUT2D eigenvalue weighted by molar-refractivity contribution is 0.0951. The summed E-state index contributed by atoms with van der Waals surface area (Å²) in [5, 5.41) is 2.71. The largest absolute Gasteiger partial charge is 0.377 e. The first-order valence-electron chi connectivity index (χ1n) is 9.69. The van der Waals surface area contributed by atoms with E-state index in [9.17, 15) is 21.6 Å². The Morgan fingerprint density at radius 3 is 2.42 bits per heavy atom. The Bertz CT molecular complexity index is 1130. The zero-order chi connectivity index (χ0) is 22.5. The van der Waals surface area contributed by atoms with Crippen LogP contribution >= 0.6 is 0 Å². The molecule has 1 aliphatic rings. The molecule has 0 radical (unpaired) electrons. The minimum atomic E-state index is -3.70. The van der Waals surface area contributed by atoms with Crippen LogP contribution in [-0.4, -0.2) is 48.3 Å². The fourth-order valence-corrected chi connectivity index (χ4v) is 4.79. The van der Waals surface area contributed by atoms with Gasteiger partial charge in [-0.05, 0) is 48.7 Å². The highest BCUT2D eigenvalue weighted by atomic mass is 32.2. The number of rotatable bonds is 9. The van der Waals surface area contributed by atoms with E-state index in [-0.39, 0.29) is 29.7 Å². The van der Waals surface area contributed by atoms with E-state index in [1.807, 2.05) is 0 Å². The lowest BCUT2D eigenvalue weighted by atomic mass is 10.1. The first kappa shape index (κ1) is 23.2. The van der Waals surface area contributed by atoms with E-state index in [0.29, 0.717) is 17.9 Å². The maximum absolute atomic E-state index is 12.4. The average molecular weight is 468 g/mol. The van der Waals surface area contributed by atoms with Crippen LogP contribution in [0.1, 0.15) is 28.8 Å². The van der Waals surface area contributed by atoms with Gasteiger partial charge in [0.25, 0.3) is 5.91 Å². The topological polar surface area (TPSA) is 131 Å². The van der Waals surface area contributed by atoms with Gasteiger partial charge in [0, 0.05) is 25.3 Å². The van der Waals surface area contributed by atoms with Crippen molar-refractivity contribution >= 4 is 31.6 Å². The van der Waals surface area contributed by atoms with E-state index >= 15 is 0 Å². The third-order valence-electron chi connectivity index (χ3n) is 4.70. The van der Waals surface area contributed by atoms with Gasteiger partial charge in [-0.1, -0.05) is 18.2 Å². The third-order valence-corrected chi connectivity index (χ3v) is 6.73. The van der Waals surface area contributed by atoms with Crippen molar-refractivity contribution in [2.45, 2.75) is 30.4 Å². The lowest BCUT2D eigenvalue weighted by Crippen LogP contribution is -2.31. The highest BCUT2D eigenvalue weighted by Crippen LogP contribution is 2.17. The first-order valence-corrected chi connectivity index (χ1v) is 13.1. The molecule has 2 aromatic carbocycles. The predicted octanol–water partition coefficient (Wildman–Crippen LogP) is 1.45. The van der Waals surface area contributed by atoms with Gasteiger partial charge in [0.2, 0.25) is 20.0 Å². The van der Waals surface area contributed by atoms with Gasteiger partial charge in [0.15, 0.2) is 0 Å². The van der Waals surface area contributed by atoms with Crippen LogP contribution in [0.3, 0.4) is 0 Å². The molecular formula is C20H25N3O6S2. The van der Waals surface area contributed by atoms with Crippen LogP contribution in [0.2, 0.25) is 0 Å². The monoisotopic (exact) mass is 467 g/mol. The zero-order valence-corrected chi connectivity index (χ0v) is 18.6. The average Bonchev–Trinajstić information content (AvgIpc) is 3.24. The van der Waals surface area contributed by atoms with E-state index < -0.39 is 26.0 Å². The summed E-state index contributed by atoms with van der Waals surface area (Å²) in [6.45, 7) is 0.955. The number of carbonyl (C=O) groups excluding carboxylic acids is 1. The number of hydrogen-bond donors (Lipinski definition) is 3. The first-order chi connectivity index (χ1) is 14.6. The zero-order valence-electron chi connectivity index (χ0n) is 17.0. The maximum atomic E-state index is 12.4. The van der Waals surface area contributed by atoms with Crippen LogP contribution in [0.15, 0.2) is 53.4 Å². The molecule has 1 fully saturated rings. The van der Waals surface area contributed by atoms with Gasteiger partial charge in [-0.3, -0.25) is 9.52 Å². The smallest absolute Gasteiger partial charge is 0.251 e. The Balaban J connectivity index is 1.61. The molecule has 1 unspecified atom stereocenters. The van der Waals surface area contributed by atoms with E-state index in [4.69, 9.17) is 4.74 Å². The Labute approximate surface area is 182 Å². The number of amides is 1. The van der Waals surface area contributed by atoms with E-state index in [0.717, 1.165) is 19.1 Å². The fourth-order valence-electron chi connectivity index (χ4n) is 3.13. The molecule has 0 aliphatic carbocycles. The maximum Gasteiger partial charge on any atom is 0.251 e. The molecule has 2 aromatic rings. The van der Waals surface area contributed by atoms with Gasteiger partial charge in [0.1, 0.15) is 0 Å². The molecule has 0 saturated carbocycles. The number of para-hydroxylation sites is 1. The highest BCUT2D eigenvalue weighted by Gasteiger charge is 2.20. The number of nitrogens with one attached hydrogen (secondary N) is 3. The molecule has 1 amide bonds. The molecule has 1 atom stereocenters.